The van der Waals surface area contributed by atoms with Crippen molar-refractivity contribution >= 4 is 39.5 Å². The lowest BCUT2D eigenvalue weighted by Crippen LogP contribution is -2.31. The van der Waals surface area contributed by atoms with Crippen molar-refractivity contribution in [1.82, 2.24) is 10.2 Å². The van der Waals surface area contributed by atoms with Gasteiger partial charge in [-0.05, 0) is 36.1 Å². The predicted octanol–water partition coefficient (Wildman–Crippen LogP) is 3.49. The zero-order valence-corrected chi connectivity index (χ0v) is 16.7. The van der Waals surface area contributed by atoms with Gasteiger partial charge in [0.15, 0.2) is 17.3 Å². The number of phenols is 1. The Balaban J connectivity index is 1.88. The molecule has 0 bridgehead atoms. The number of carbonyl (C=O) groups is 2. The van der Waals surface area contributed by atoms with E-state index in [9.17, 15) is 19.8 Å². The first kappa shape index (κ1) is 19.1. The molecule has 0 radical (unpaired) electrons. The van der Waals surface area contributed by atoms with Gasteiger partial charge < -0.3 is 14.9 Å². The second-order valence-corrected chi connectivity index (χ2v) is 7.79. The smallest absolute Gasteiger partial charge is 0.296 e. The summed E-state index contributed by atoms with van der Waals surface area (Å²) in [5.74, 6) is -1.67. The first-order chi connectivity index (χ1) is 14.0. The topological polar surface area (TPSA) is 113 Å². The highest BCUT2D eigenvalue weighted by atomic mass is 32.1. The summed E-state index contributed by atoms with van der Waals surface area (Å²) >= 11 is 2.33. The third-order valence-corrected chi connectivity index (χ3v) is 5.91. The molecular formula is C19H15N3O5S2. The molecule has 8 nitrogen and oxygen atoms in total. The Morgan fingerprint density at radius 2 is 2.10 bits per heavy atom. The van der Waals surface area contributed by atoms with Crippen LogP contribution in [-0.2, 0) is 4.79 Å². The molecule has 3 heterocycles. The van der Waals surface area contributed by atoms with Gasteiger partial charge >= 0.3 is 0 Å². The van der Waals surface area contributed by atoms with E-state index in [-0.39, 0.29) is 22.2 Å². The van der Waals surface area contributed by atoms with Crippen molar-refractivity contribution in [1.29, 1.82) is 0 Å². The van der Waals surface area contributed by atoms with Crippen LogP contribution in [0, 0.1) is 0 Å². The summed E-state index contributed by atoms with van der Waals surface area (Å²) in [6.45, 7) is 2.10. The van der Waals surface area contributed by atoms with Crippen LogP contribution in [0.5, 0.6) is 11.5 Å². The quantitative estimate of drug-likeness (QED) is 0.577. The molecule has 0 unspecified atom stereocenters. The number of rotatable bonds is 6. The van der Waals surface area contributed by atoms with Crippen molar-refractivity contribution in [3.05, 3.63) is 63.0 Å². The lowest BCUT2D eigenvalue weighted by molar-refractivity contribution is -0.117. The molecule has 0 spiro atoms. The SMILES string of the molecule is CCOc1cc([C@@H]2C(C(=O)c3cccs3)=C(O)C(=O)N2c2nncs2)ccc1O. The molecule has 1 atom stereocenters. The summed E-state index contributed by atoms with van der Waals surface area (Å²) in [7, 11) is 0. The highest BCUT2D eigenvalue weighted by Crippen LogP contribution is 2.44. The molecule has 4 rings (SSSR count). The molecule has 10 heteroatoms. The van der Waals surface area contributed by atoms with Crippen LogP contribution < -0.4 is 9.64 Å². The van der Waals surface area contributed by atoms with Crippen LogP contribution in [0.15, 0.2) is 52.6 Å². The molecule has 0 fully saturated rings. The maximum Gasteiger partial charge on any atom is 0.296 e. The minimum absolute atomic E-state index is 0.0548. The van der Waals surface area contributed by atoms with E-state index in [0.717, 1.165) is 11.3 Å². The van der Waals surface area contributed by atoms with Gasteiger partial charge in [-0.3, -0.25) is 14.5 Å². The Bertz CT molecular complexity index is 1090. The zero-order chi connectivity index (χ0) is 20.5. The van der Waals surface area contributed by atoms with Crippen LogP contribution in [0.25, 0.3) is 0 Å². The van der Waals surface area contributed by atoms with Crippen LogP contribution in [0.4, 0.5) is 5.13 Å². The minimum Gasteiger partial charge on any atom is -0.504 e. The van der Waals surface area contributed by atoms with E-state index in [1.807, 2.05) is 0 Å². The van der Waals surface area contributed by atoms with Gasteiger partial charge in [0, 0.05) is 0 Å². The average molecular weight is 429 g/mol. The fourth-order valence-corrected chi connectivity index (χ4v) is 4.40. The molecule has 1 aliphatic heterocycles. The average Bonchev–Trinajstić information content (AvgIpc) is 3.46. The Labute approximate surface area is 173 Å². The van der Waals surface area contributed by atoms with E-state index >= 15 is 0 Å². The van der Waals surface area contributed by atoms with Gasteiger partial charge in [0.1, 0.15) is 5.51 Å². The first-order valence-electron chi connectivity index (χ1n) is 8.59. The Morgan fingerprint density at radius 1 is 1.28 bits per heavy atom. The number of phenolic OH excluding ortho intramolecular Hbond substituents is 1. The third-order valence-electron chi connectivity index (χ3n) is 4.35. The second-order valence-electron chi connectivity index (χ2n) is 6.03. The molecule has 1 aromatic carbocycles. The van der Waals surface area contributed by atoms with Crippen molar-refractivity contribution in [2.75, 3.05) is 11.5 Å². The number of aromatic nitrogens is 2. The summed E-state index contributed by atoms with van der Waals surface area (Å²) in [4.78, 5) is 27.6. The first-order valence-corrected chi connectivity index (χ1v) is 10.4. The second kappa shape index (κ2) is 7.64. The number of amides is 1. The highest BCUT2D eigenvalue weighted by molar-refractivity contribution is 7.13. The third kappa shape index (κ3) is 3.26. The van der Waals surface area contributed by atoms with Crippen molar-refractivity contribution < 1.29 is 24.5 Å². The summed E-state index contributed by atoms with van der Waals surface area (Å²) in [6.07, 6.45) is 0. The standard InChI is InChI=1S/C19H15N3O5S2/c1-2-27-12-8-10(5-6-11(12)23)15-14(16(24)13-4-3-7-28-13)17(25)18(26)22(15)19-21-20-9-29-19/h3-9,15,23,25H,2H2,1H3/t15-/m1/s1. The van der Waals surface area contributed by atoms with Crippen LogP contribution in [0.3, 0.4) is 0 Å². The number of aliphatic hydroxyl groups excluding tert-OH is 1. The van der Waals surface area contributed by atoms with Gasteiger partial charge in [-0.1, -0.05) is 23.5 Å². The number of nitrogens with zero attached hydrogens (tertiary/aromatic N) is 3. The van der Waals surface area contributed by atoms with Crippen molar-refractivity contribution in [3.63, 3.8) is 0 Å². The van der Waals surface area contributed by atoms with E-state index < -0.39 is 23.5 Å². The predicted molar refractivity (Wildman–Crippen MR) is 108 cm³/mol. The van der Waals surface area contributed by atoms with Gasteiger partial charge in [-0.25, -0.2) is 0 Å². The fourth-order valence-electron chi connectivity index (χ4n) is 3.13. The molecule has 2 N–H and O–H groups in total. The number of ether oxygens (including phenoxy) is 1. The van der Waals surface area contributed by atoms with E-state index in [0.29, 0.717) is 17.0 Å². The Kier molecular flexibility index (Phi) is 5.03. The zero-order valence-electron chi connectivity index (χ0n) is 15.1. The van der Waals surface area contributed by atoms with E-state index in [2.05, 4.69) is 10.2 Å². The number of ketones is 1. The number of carbonyl (C=O) groups excluding carboxylic acids is 2. The number of thiophene rings is 1. The van der Waals surface area contributed by atoms with Crippen LogP contribution >= 0.6 is 22.7 Å². The Hall–Kier alpha value is -3.24. The molecule has 0 aliphatic carbocycles. The Morgan fingerprint density at radius 3 is 2.76 bits per heavy atom. The van der Waals surface area contributed by atoms with E-state index in [4.69, 9.17) is 4.74 Å². The maximum atomic E-state index is 13.1. The number of anilines is 1. The van der Waals surface area contributed by atoms with E-state index in [1.165, 1.54) is 27.8 Å². The molecule has 1 aliphatic rings. The van der Waals surface area contributed by atoms with Crippen molar-refractivity contribution in [3.8, 4) is 11.5 Å². The molecule has 29 heavy (non-hydrogen) atoms. The maximum absolute atomic E-state index is 13.1. The van der Waals surface area contributed by atoms with Crippen molar-refractivity contribution in [2.24, 2.45) is 0 Å². The summed E-state index contributed by atoms with van der Waals surface area (Å²) in [5.41, 5.74) is 1.89. The van der Waals surface area contributed by atoms with Gasteiger partial charge in [0.25, 0.3) is 5.91 Å². The molecule has 148 valence electrons. The van der Waals surface area contributed by atoms with Gasteiger partial charge in [0.05, 0.1) is 23.1 Å². The molecule has 3 aromatic rings. The normalized spacial score (nSPS) is 16.5. The summed E-state index contributed by atoms with van der Waals surface area (Å²) in [5, 5.41) is 30.3. The van der Waals surface area contributed by atoms with Gasteiger partial charge in [-0.2, -0.15) is 0 Å². The van der Waals surface area contributed by atoms with Gasteiger partial charge in [0.2, 0.25) is 10.9 Å². The molecule has 0 saturated carbocycles. The lowest BCUT2D eigenvalue weighted by Gasteiger charge is -2.24. The molecule has 0 saturated heterocycles. The van der Waals surface area contributed by atoms with Crippen LogP contribution in [0.1, 0.15) is 28.2 Å². The molecule has 2 aromatic heterocycles. The molecule has 1 amide bonds. The van der Waals surface area contributed by atoms with Crippen LogP contribution in [-0.4, -0.2) is 38.7 Å². The van der Waals surface area contributed by atoms with Crippen LogP contribution in [0.2, 0.25) is 0 Å². The van der Waals surface area contributed by atoms with E-state index in [1.54, 1.807) is 36.6 Å². The molecular weight excluding hydrogens is 414 g/mol. The highest BCUT2D eigenvalue weighted by Gasteiger charge is 2.46. The number of aromatic hydroxyl groups is 1. The van der Waals surface area contributed by atoms with Gasteiger partial charge in [-0.15, -0.1) is 21.5 Å². The summed E-state index contributed by atoms with van der Waals surface area (Å²) < 4.78 is 5.44. The number of hydrogen-bond donors (Lipinski definition) is 2. The lowest BCUT2D eigenvalue weighted by atomic mass is 9.95. The number of aliphatic hydroxyl groups is 1. The summed E-state index contributed by atoms with van der Waals surface area (Å²) in [6, 6.07) is 6.95. The minimum atomic E-state index is -0.940. The van der Waals surface area contributed by atoms with Crippen molar-refractivity contribution in [2.45, 2.75) is 13.0 Å². The largest absolute Gasteiger partial charge is 0.504 e. The fraction of sp³-hybridized carbons (Fsp3) is 0.158. The monoisotopic (exact) mass is 429 g/mol. The number of Topliss-reactive ketones (excluding diaryl/α,β-unsaturated/α-hetero) is 1. The number of benzene rings is 1. The number of hydrogen-bond acceptors (Lipinski definition) is 9.